The Labute approximate surface area is 132 Å². The Kier molecular flexibility index (Phi) is 5.33. The zero-order chi connectivity index (χ0) is 16.1. The second kappa shape index (κ2) is 7.22. The zero-order valence-electron chi connectivity index (χ0n) is 13.8. The molecule has 2 aromatic rings. The summed E-state index contributed by atoms with van der Waals surface area (Å²) in [5.74, 6) is -0.0464. The third-order valence-corrected chi connectivity index (χ3v) is 3.75. The van der Waals surface area contributed by atoms with E-state index in [0.717, 1.165) is 35.7 Å². The van der Waals surface area contributed by atoms with Crippen LogP contribution in [0.25, 0.3) is 0 Å². The lowest BCUT2D eigenvalue weighted by Gasteiger charge is -2.14. The van der Waals surface area contributed by atoms with E-state index in [1.807, 2.05) is 38.1 Å². The largest absolute Gasteiger partial charge is 0.347 e. The van der Waals surface area contributed by atoms with Gasteiger partial charge >= 0.3 is 0 Å². The van der Waals surface area contributed by atoms with E-state index in [1.54, 1.807) is 6.20 Å². The van der Waals surface area contributed by atoms with Gasteiger partial charge in [0.25, 0.3) is 5.91 Å². The fourth-order valence-electron chi connectivity index (χ4n) is 2.44. The van der Waals surface area contributed by atoms with Crippen LogP contribution in [-0.4, -0.2) is 41.0 Å². The number of carbonyl (C=O) groups is 1. The van der Waals surface area contributed by atoms with Gasteiger partial charge in [0.15, 0.2) is 0 Å². The second-order valence-electron chi connectivity index (χ2n) is 5.74. The van der Waals surface area contributed by atoms with Crippen LogP contribution in [0.5, 0.6) is 0 Å². The SMILES string of the molecule is Cc1cc(C(=O)NCc2ccccn2)c(C)n1CCN(C)C. The van der Waals surface area contributed by atoms with Gasteiger partial charge in [0.05, 0.1) is 17.8 Å². The minimum absolute atomic E-state index is 0.0464. The Morgan fingerprint density at radius 1 is 1.32 bits per heavy atom. The molecule has 0 saturated heterocycles. The summed E-state index contributed by atoms with van der Waals surface area (Å²) in [5, 5.41) is 2.94. The molecule has 0 aliphatic heterocycles. The summed E-state index contributed by atoms with van der Waals surface area (Å²) in [5.41, 5.74) is 3.73. The number of pyridine rings is 1. The number of nitrogens with zero attached hydrogens (tertiary/aromatic N) is 3. The molecule has 2 aromatic heterocycles. The molecule has 0 aliphatic rings. The van der Waals surface area contributed by atoms with Crippen molar-refractivity contribution in [1.82, 2.24) is 19.8 Å². The lowest BCUT2D eigenvalue weighted by atomic mass is 10.2. The van der Waals surface area contributed by atoms with Crippen molar-refractivity contribution < 1.29 is 4.79 Å². The first-order valence-corrected chi connectivity index (χ1v) is 7.48. The number of aryl methyl sites for hydroxylation is 1. The number of aromatic nitrogens is 2. The smallest absolute Gasteiger partial charge is 0.253 e. The molecule has 5 nitrogen and oxygen atoms in total. The van der Waals surface area contributed by atoms with E-state index in [9.17, 15) is 4.79 Å². The van der Waals surface area contributed by atoms with Crippen LogP contribution in [-0.2, 0) is 13.1 Å². The summed E-state index contributed by atoms with van der Waals surface area (Å²) in [6, 6.07) is 7.64. The van der Waals surface area contributed by atoms with Crippen LogP contribution in [0, 0.1) is 13.8 Å². The lowest BCUT2D eigenvalue weighted by Crippen LogP contribution is -2.24. The monoisotopic (exact) mass is 300 g/mol. The molecule has 118 valence electrons. The van der Waals surface area contributed by atoms with E-state index >= 15 is 0 Å². The number of amides is 1. The van der Waals surface area contributed by atoms with Gasteiger partial charge in [0.2, 0.25) is 0 Å². The van der Waals surface area contributed by atoms with Crippen molar-refractivity contribution in [2.75, 3.05) is 20.6 Å². The minimum Gasteiger partial charge on any atom is -0.347 e. The number of hydrogen-bond donors (Lipinski definition) is 1. The Morgan fingerprint density at radius 3 is 2.73 bits per heavy atom. The zero-order valence-corrected chi connectivity index (χ0v) is 13.8. The maximum absolute atomic E-state index is 12.4. The van der Waals surface area contributed by atoms with Crippen molar-refractivity contribution in [2.45, 2.75) is 26.9 Å². The van der Waals surface area contributed by atoms with Gasteiger partial charge in [-0.3, -0.25) is 9.78 Å². The fraction of sp³-hybridized carbons (Fsp3) is 0.412. The molecule has 0 fully saturated rings. The molecule has 0 saturated carbocycles. The first-order valence-electron chi connectivity index (χ1n) is 7.48. The van der Waals surface area contributed by atoms with Gasteiger partial charge in [0.1, 0.15) is 0 Å². The number of nitrogens with one attached hydrogen (secondary N) is 1. The van der Waals surface area contributed by atoms with Crippen molar-refractivity contribution in [3.63, 3.8) is 0 Å². The molecule has 0 unspecified atom stereocenters. The molecule has 0 spiro atoms. The molecule has 1 amide bonds. The van der Waals surface area contributed by atoms with Crippen LogP contribution in [0.1, 0.15) is 27.4 Å². The second-order valence-corrected chi connectivity index (χ2v) is 5.74. The van der Waals surface area contributed by atoms with E-state index in [0.29, 0.717) is 6.54 Å². The highest BCUT2D eigenvalue weighted by atomic mass is 16.1. The molecule has 2 heterocycles. The van der Waals surface area contributed by atoms with Crippen LogP contribution in [0.15, 0.2) is 30.5 Å². The topological polar surface area (TPSA) is 50.2 Å². The van der Waals surface area contributed by atoms with Crippen LogP contribution >= 0.6 is 0 Å². The highest BCUT2D eigenvalue weighted by molar-refractivity contribution is 5.95. The average Bonchev–Trinajstić information content (AvgIpc) is 2.78. The first kappa shape index (κ1) is 16.2. The quantitative estimate of drug-likeness (QED) is 0.887. The standard InChI is InChI=1S/C17H24N4O/c1-13-11-16(14(2)21(13)10-9-20(3)4)17(22)19-12-15-7-5-6-8-18-15/h5-8,11H,9-10,12H2,1-4H3,(H,19,22). The van der Waals surface area contributed by atoms with Crippen molar-refractivity contribution in [1.29, 1.82) is 0 Å². The normalized spacial score (nSPS) is 11.0. The van der Waals surface area contributed by atoms with Crippen molar-refractivity contribution in [3.8, 4) is 0 Å². The van der Waals surface area contributed by atoms with Gasteiger partial charge in [-0.2, -0.15) is 0 Å². The Morgan fingerprint density at radius 2 is 2.09 bits per heavy atom. The van der Waals surface area contributed by atoms with Crippen LogP contribution in [0.3, 0.4) is 0 Å². The van der Waals surface area contributed by atoms with Gasteiger partial charge in [-0.15, -0.1) is 0 Å². The summed E-state index contributed by atoms with van der Waals surface area (Å²) in [6.45, 7) is 6.32. The summed E-state index contributed by atoms with van der Waals surface area (Å²) >= 11 is 0. The maximum Gasteiger partial charge on any atom is 0.253 e. The summed E-state index contributed by atoms with van der Waals surface area (Å²) in [6.07, 6.45) is 1.73. The van der Waals surface area contributed by atoms with Crippen molar-refractivity contribution in [2.24, 2.45) is 0 Å². The lowest BCUT2D eigenvalue weighted by molar-refractivity contribution is 0.0949. The van der Waals surface area contributed by atoms with E-state index < -0.39 is 0 Å². The highest BCUT2D eigenvalue weighted by Crippen LogP contribution is 2.15. The van der Waals surface area contributed by atoms with Crippen molar-refractivity contribution >= 4 is 5.91 Å². The minimum atomic E-state index is -0.0464. The van der Waals surface area contributed by atoms with E-state index in [1.165, 1.54) is 0 Å². The van der Waals surface area contributed by atoms with Gasteiger partial charge < -0.3 is 14.8 Å². The van der Waals surface area contributed by atoms with Crippen LogP contribution in [0.4, 0.5) is 0 Å². The summed E-state index contributed by atoms with van der Waals surface area (Å²) in [7, 11) is 4.10. The van der Waals surface area contributed by atoms with Crippen LogP contribution < -0.4 is 5.32 Å². The van der Waals surface area contributed by atoms with Crippen molar-refractivity contribution in [3.05, 3.63) is 53.1 Å². The number of hydrogen-bond acceptors (Lipinski definition) is 3. The maximum atomic E-state index is 12.4. The van der Waals surface area contributed by atoms with E-state index in [2.05, 4.69) is 33.9 Å². The Hall–Kier alpha value is -2.14. The van der Waals surface area contributed by atoms with Gasteiger partial charge in [-0.25, -0.2) is 0 Å². The number of rotatable bonds is 6. The predicted molar refractivity (Wildman–Crippen MR) is 87.9 cm³/mol. The molecule has 0 aliphatic carbocycles. The van der Waals surface area contributed by atoms with E-state index in [-0.39, 0.29) is 5.91 Å². The molecule has 22 heavy (non-hydrogen) atoms. The molecule has 0 aromatic carbocycles. The van der Waals surface area contributed by atoms with Gasteiger partial charge in [0, 0.05) is 30.7 Å². The van der Waals surface area contributed by atoms with Gasteiger partial charge in [-0.05, 0) is 46.1 Å². The third-order valence-electron chi connectivity index (χ3n) is 3.75. The Bertz CT molecular complexity index is 632. The van der Waals surface area contributed by atoms with Crippen LogP contribution in [0.2, 0.25) is 0 Å². The fourth-order valence-corrected chi connectivity index (χ4v) is 2.44. The first-order chi connectivity index (χ1) is 10.5. The van der Waals surface area contributed by atoms with E-state index in [4.69, 9.17) is 0 Å². The molecule has 2 rings (SSSR count). The molecule has 0 atom stereocenters. The predicted octanol–water partition coefficient (Wildman–Crippen LogP) is 1.99. The molecular weight excluding hydrogens is 276 g/mol. The highest BCUT2D eigenvalue weighted by Gasteiger charge is 2.15. The Balaban J connectivity index is 2.05. The summed E-state index contributed by atoms with van der Waals surface area (Å²) < 4.78 is 2.19. The summed E-state index contributed by atoms with van der Waals surface area (Å²) in [4.78, 5) is 18.7. The average molecular weight is 300 g/mol. The molecule has 0 radical (unpaired) electrons. The molecular formula is C17H24N4O. The van der Waals surface area contributed by atoms with Gasteiger partial charge in [-0.1, -0.05) is 6.07 Å². The molecule has 1 N–H and O–H groups in total. The number of likely N-dealkylation sites (N-methyl/N-ethyl adjacent to an activating group) is 1. The number of carbonyl (C=O) groups excluding carboxylic acids is 1. The third kappa shape index (κ3) is 3.95. The molecule has 5 heteroatoms. The molecule has 0 bridgehead atoms.